The molecule has 1 atom stereocenters. The van der Waals surface area contributed by atoms with E-state index in [1.54, 1.807) is 0 Å². The van der Waals surface area contributed by atoms with Gasteiger partial charge in [0, 0.05) is 25.6 Å². The Morgan fingerprint density at radius 1 is 1.35 bits per heavy atom. The number of aryl methyl sites for hydroxylation is 1. The fourth-order valence-corrected chi connectivity index (χ4v) is 3.63. The van der Waals surface area contributed by atoms with Crippen LogP contribution in [0, 0.1) is 0 Å². The molecule has 1 saturated heterocycles. The summed E-state index contributed by atoms with van der Waals surface area (Å²) in [5.74, 6) is 0.204. The standard InChI is InChI=1S/C13H20N4O2S/c1-2-11-14-15-13(20-8-12(18)19)17(11)10-5-6-16(7-10)9-3-4-9/h9-10H,2-8H2,1H3,(H,18,19). The third kappa shape index (κ3) is 2.83. The molecular weight excluding hydrogens is 276 g/mol. The van der Waals surface area contributed by atoms with Crippen molar-refractivity contribution in [1.29, 1.82) is 0 Å². The highest BCUT2D eigenvalue weighted by molar-refractivity contribution is 7.99. The number of carboxylic acid groups (broad SMARTS) is 1. The summed E-state index contributed by atoms with van der Waals surface area (Å²) >= 11 is 1.27. The van der Waals surface area contributed by atoms with Gasteiger partial charge in [-0.15, -0.1) is 10.2 Å². The van der Waals surface area contributed by atoms with Gasteiger partial charge in [0.25, 0.3) is 0 Å². The number of thioether (sulfide) groups is 1. The van der Waals surface area contributed by atoms with E-state index in [-0.39, 0.29) is 5.75 Å². The highest BCUT2D eigenvalue weighted by Crippen LogP contribution is 2.35. The van der Waals surface area contributed by atoms with Crippen LogP contribution < -0.4 is 0 Å². The molecule has 1 aliphatic carbocycles. The summed E-state index contributed by atoms with van der Waals surface area (Å²) in [6.45, 7) is 4.26. The van der Waals surface area contributed by atoms with Crippen LogP contribution in [0.3, 0.4) is 0 Å². The first-order valence-electron chi connectivity index (χ1n) is 7.21. The molecule has 2 fully saturated rings. The maximum Gasteiger partial charge on any atom is 0.313 e. The van der Waals surface area contributed by atoms with Crippen molar-refractivity contribution < 1.29 is 9.90 Å². The molecule has 0 bridgehead atoms. The normalized spacial score (nSPS) is 23.4. The van der Waals surface area contributed by atoms with Crippen LogP contribution in [-0.2, 0) is 11.2 Å². The number of hydrogen-bond donors (Lipinski definition) is 1. The lowest BCUT2D eigenvalue weighted by atomic mass is 10.2. The summed E-state index contributed by atoms with van der Waals surface area (Å²) in [4.78, 5) is 13.3. The number of carbonyl (C=O) groups is 1. The fraction of sp³-hybridized carbons (Fsp3) is 0.769. The van der Waals surface area contributed by atoms with Gasteiger partial charge >= 0.3 is 5.97 Å². The molecular formula is C13H20N4O2S. The molecule has 0 spiro atoms. The van der Waals surface area contributed by atoms with Crippen LogP contribution >= 0.6 is 11.8 Å². The molecule has 2 heterocycles. The minimum atomic E-state index is -0.811. The number of aromatic nitrogens is 3. The van der Waals surface area contributed by atoms with E-state index in [1.807, 2.05) is 0 Å². The minimum Gasteiger partial charge on any atom is -0.481 e. The lowest BCUT2D eigenvalue weighted by Crippen LogP contribution is -2.24. The summed E-state index contributed by atoms with van der Waals surface area (Å²) in [5, 5.41) is 18.0. The summed E-state index contributed by atoms with van der Waals surface area (Å²) in [6, 6.07) is 1.19. The summed E-state index contributed by atoms with van der Waals surface area (Å²) in [5.41, 5.74) is 0. The van der Waals surface area contributed by atoms with E-state index < -0.39 is 5.97 Å². The second kappa shape index (κ2) is 5.73. The predicted molar refractivity (Wildman–Crippen MR) is 76.0 cm³/mol. The van der Waals surface area contributed by atoms with Crippen molar-refractivity contribution in [2.45, 2.75) is 49.8 Å². The van der Waals surface area contributed by atoms with Crippen LogP contribution in [0.15, 0.2) is 5.16 Å². The third-order valence-electron chi connectivity index (χ3n) is 4.00. The van der Waals surface area contributed by atoms with E-state index in [1.165, 1.54) is 24.6 Å². The quantitative estimate of drug-likeness (QED) is 0.801. The highest BCUT2D eigenvalue weighted by atomic mass is 32.2. The van der Waals surface area contributed by atoms with Crippen molar-refractivity contribution in [3.05, 3.63) is 5.82 Å². The number of nitrogens with zero attached hydrogens (tertiary/aromatic N) is 4. The van der Waals surface area contributed by atoms with Gasteiger partial charge in [-0.2, -0.15) is 0 Å². The Kier molecular flexibility index (Phi) is 3.98. The van der Waals surface area contributed by atoms with Gasteiger partial charge in [-0.3, -0.25) is 9.69 Å². The summed E-state index contributed by atoms with van der Waals surface area (Å²) < 4.78 is 2.18. The van der Waals surface area contributed by atoms with Gasteiger partial charge in [0.2, 0.25) is 0 Å². The maximum atomic E-state index is 10.7. The molecule has 7 heteroatoms. The molecule has 1 aliphatic heterocycles. The van der Waals surface area contributed by atoms with Gasteiger partial charge in [0.1, 0.15) is 5.82 Å². The molecule has 0 aromatic carbocycles. The molecule has 0 radical (unpaired) electrons. The van der Waals surface area contributed by atoms with Crippen LogP contribution in [0.1, 0.15) is 38.1 Å². The van der Waals surface area contributed by atoms with E-state index in [2.05, 4.69) is 26.6 Å². The number of carboxylic acids is 1. The van der Waals surface area contributed by atoms with E-state index in [0.717, 1.165) is 43.0 Å². The Balaban J connectivity index is 1.75. The average Bonchev–Trinajstić information content (AvgIpc) is 3.03. The molecule has 1 aromatic rings. The predicted octanol–water partition coefficient (Wildman–Crippen LogP) is 1.43. The lowest BCUT2D eigenvalue weighted by Gasteiger charge is -2.18. The van der Waals surface area contributed by atoms with E-state index in [4.69, 9.17) is 5.11 Å². The van der Waals surface area contributed by atoms with Crippen LogP contribution in [0.2, 0.25) is 0 Å². The monoisotopic (exact) mass is 296 g/mol. The Hall–Kier alpha value is -1.08. The lowest BCUT2D eigenvalue weighted by molar-refractivity contribution is -0.133. The van der Waals surface area contributed by atoms with Crippen molar-refractivity contribution in [3.63, 3.8) is 0 Å². The topological polar surface area (TPSA) is 71.2 Å². The van der Waals surface area contributed by atoms with Crippen molar-refractivity contribution in [1.82, 2.24) is 19.7 Å². The van der Waals surface area contributed by atoms with Crippen LogP contribution in [0.5, 0.6) is 0 Å². The van der Waals surface area contributed by atoms with Gasteiger partial charge < -0.3 is 9.67 Å². The molecule has 1 N–H and O–H groups in total. The molecule has 1 unspecified atom stereocenters. The molecule has 3 rings (SSSR count). The summed E-state index contributed by atoms with van der Waals surface area (Å²) in [6.07, 6.45) is 4.61. The van der Waals surface area contributed by atoms with Gasteiger partial charge in [0.05, 0.1) is 11.8 Å². The highest BCUT2D eigenvalue weighted by Gasteiger charge is 2.36. The second-order valence-corrected chi connectivity index (χ2v) is 6.42. The molecule has 2 aliphatic rings. The Labute approximate surface area is 122 Å². The minimum absolute atomic E-state index is 0.0426. The maximum absolute atomic E-state index is 10.7. The smallest absolute Gasteiger partial charge is 0.313 e. The number of hydrogen-bond acceptors (Lipinski definition) is 5. The van der Waals surface area contributed by atoms with Gasteiger partial charge in [0.15, 0.2) is 5.16 Å². The zero-order valence-corrected chi connectivity index (χ0v) is 12.5. The Morgan fingerprint density at radius 3 is 2.80 bits per heavy atom. The molecule has 6 nitrogen and oxygen atoms in total. The Bertz CT molecular complexity index is 501. The van der Waals surface area contributed by atoms with Gasteiger partial charge in [-0.05, 0) is 19.3 Å². The van der Waals surface area contributed by atoms with Gasteiger partial charge in [-0.1, -0.05) is 18.7 Å². The fourth-order valence-electron chi connectivity index (χ4n) is 2.89. The second-order valence-electron chi connectivity index (χ2n) is 5.47. The van der Waals surface area contributed by atoms with Crippen molar-refractivity contribution >= 4 is 17.7 Å². The molecule has 20 heavy (non-hydrogen) atoms. The van der Waals surface area contributed by atoms with Crippen LogP contribution in [0.25, 0.3) is 0 Å². The average molecular weight is 296 g/mol. The van der Waals surface area contributed by atoms with Gasteiger partial charge in [-0.25, -0.2) is 0 Å². The Morgan fingerprint density at radius 2 is 2.15 bits per heavy atom. The molecule has 1 saturated carbocycles. The number of likely N-dealkylation sites (tertiary alicyclic amines) is 1. The van der Waals surface area contributed by atoms with Crippen LogP contribution in [0.4, 0.5) is 0 Å². The van der Waals surface area contributed by atoms with E-state index in [0.29, 0.717) is 6.04 Å². The third-order valence-corrected chi connectivity index (χ3v) is 4.93. The first-order chi connectivity index (χ1) is 9.69. The largest absolute Gasteiger partial charge is 0.481 e. The molecule has 110 valence electrons. The first kappa shape index (κ1) is 13.9. The number of aliphatic carboxylic acids is 1. The van der Waals surface area contributed by atoms with Crippen molar-refractivity contribution in [2.24, 2.45) is 0 Å². The van der Waals surface area contributed by atoms with E-state index >= 15 is 0 Å². The van der Waals surface area contributed by atoms with E-state index in [9.17, 15) is 4.79 Å². The zero-order chi connectivity index (χ0) is 14.1. The number of rotatable bonds is 6. The van der Waals surface area contributed by atoms with Crippen molar-refractivity contribution in [2.75, 3.05) is 18.8 Å². The van der Waals surface area contributed by atoms with Crippen molar-refractivity contribution in [3.8, 4) is 0 Å². The zero-order valence-electron chi connectivity index (χ0n) is 11.7. The molecule has 1 aromatic heterocycles. The molecule has 0 amide bonds. The first-order valence-corrected chi connectivity index (χ1v) is 8.20. The summed E-state index contributed by atoms with van der Waals surface area (Å²) in [7, 11) is 0. The SMILES string of the molecule is CCc1nnc(SCC(=O)O)n1C1CCN(C2CC2)C1. The van der Waals surface area contributed by atoms with Crippen LogP contribution in [-0.4, -0.2) is 55.6 Å².